The largest absolute Gasteiger partial charge is 0.496 e. The van der Waals surface area contributed by atoms with Gasteiger partial charge in [0.25, 0.3) is 0 Å². The monoisotopic (exact) mass is 369 g/mol. The fourth-order valence-electron chi connectivity index (χ4n) is 5.09. The number of likely N-dealkylation sites (tertiary alicyclic amines) is 1. The number of fused-ring (bicyclic) bond motifs is 1. The normalized spacial score (nSPS) is 28.6. The Morgan fingerprint density at radius 3 is 2.70 bits per heavy atom. The molecule has 2 aromatic rings. The maximum Gasteiger partial charge on any atom is 0.127 e. The van der Waals surface area contributed by atoms with Gasteiger partial charge in [-0.25, -0.2) is 4.39 Å². The van der Waals surface area contributed by atoms with E-state index in [9.17, 15) is 9.50 Å². The zero-order chi connectivity index (χ0) is 18.9. The van der Waals surface area contributed by atoms with Gasteiger partial charge in [-0.15, -0.1) is 0 Å². The summed E-state index contributed by atoms with van der Waals surface area (Å²) < 4.78 is 20.0. The molecule has 1 N–H and O–H groups in total. The zero-order valence-electron chi connectivity index (χ0n) is 15.9. The molecule has 0 spiro atoms. The van der Waals surface area contributed by atoms with Crippen molar-refractivity contribution >= 4 is 0 Å². The van der Waals surface area contributed by atoms with Gasteiger partial charge in [0.05, 0.1) is 12.7 Å². The van der Waals surface area contributed by atoms with E-state index in [2.05, 4.69) is 11.0 Å². The van der Waals surface area contributed by atoms with Crippen molar-refractivity contribution in [3.8, 4) is 5.75 Å². The van der Waals surface area contributed by atoms with Crippen LogP contribution in [0.1, 0.15) is 49.3 Å². The average Bonchev–Trinajstić information content (AvgIpc) is 2.69. The molecule has 0 radical (unpaired) electrons. The van der Waals surface area contributed by atoms with Crippen molar-refractivity contribution in [2.45, 2.75) is 50.3 Å². The van der Waals surface area contributed by atoms with E-state index in [0.29, 0.717) is 12.1 Å². The van der Waals surface area contributed by atoms with Gasteiger partial charge in [0.15, 0.2) is 0 Å². The van der Waals surface area contributed by atoms with E-state index in [1.54, 1.807) is 13.2 Å². The van der Waals surface area contributed by atoms with E-state index in [-0.39, 0.29) is 17.8 Å². The smallest absolute Gasteiger partial charge is 0.127 e. The summed E-state index contributed by atoms with van der Waals surface area (Å²) in [5, 5.41) is 11.4. The summed E-state index contributed by atoms with van der Waals surface area (Å²) in [7, 11) is 1.69. The number of methoxy groups -OCH3 is 1. The predicted octanol–water partition coefficient (Wildman–Crippen LogP) is 4.70. The highest BCUT2D eigenvalue weighted by molar-refractivity contribution is 5.37. The second-order valence-corrected chi connectivity index (χ2v) is 7.95. The van der Waals surface area contributed by atoms with Gasteiger partial charge in [-0.3, -0.25) is 4.90 Å². The number of para-hydroxylation sites is 1. The third-order valence-corrected chi connectivity index (χ3v) is 6.46. The van der Waals surface area contributed by atoms with Crippen LogP contribution in [0.4, 0.5) is 4.39 Å². The number of halogens is 1. The standard InChI is InChI=1S/C23H28FNO2/c1-27-21-12-5-3-9-18(21)22-19-10-6-7-13-23(19,26)14-15-25(22)16-17-8-2-4-11-20(17)24/h2-5,8-9,11-12,19,22,26H,6-7,10,13-16H2,1H3/t19-,22+,23+/m1/s1. The highest BCUT2D eigenvalue weighted by Crippen LogP contribution is 2.51. The van der Waals surface area contributed by atoms with Crippen molar-refractivity contribution in [3.63, 3.8) is 0 Å². The number of piperidine rings is 1. The lowest BCUT2D eigenvalue weighted by atomic mass is 9.66. The van der Waals surface area contributed by atoms with Gasteiger partial charge in [-0.2, -0.15) is 0 Å². The maximum atomic E-state index is 14.3. The van der Waals surface area contributed by atoms with Crippen LogP contribution in [0.5, 0.6) is 5.75 Å². The molecule has 144 valence electrons. The summed E-state index contributed by atoms with van der Waals surface area (Å²) in [5.74, 6) is 0.819. The molecule has 1 heterocycles. The first-order chi connectivity index (χ1) is 13.1. The molecule has 2 aromatic carbocycles. The van der Waals surface area contributed by atoms with Gasteiger partial charge in [0, 0.05) is 36.2 Å². The quantitative estimate of drug-likeness (QED) is 0.848. The first-order valence-corrected chi connectivity index (χ1v) is 9.95. The molecule has 2 aliphatic rings. The van der Waals surface area contributed by atoms with Crippen LogP contribution in [0.2, 0.25) is 0 Å². The molecule has 3 nitrogen and oxygen atoms in total. The van der Waals surface area contributed by atoms with Crippen molar-refractivity contribution < 1.29 is 14.2 Å². The summed E-state index contributed by atoms with van der Waals surface area (Å²) in [4.78, 5) is 2.33. The third kappa shape index (κ3) is 3.48. The maximum absolute atomic E-state index is 14.3. The highest BCUT2D eigenvalue weighted by atomic mass is 19.1. The van der Waals surface area contributed by atoms with Crippen molar-refractivity contribution in [3.05, 3.63) is 65.5 Å². The predicted molar refractivity (Wildman–Crippen MR) is 104 cm³/mol. The molecule has 0 unspecified atom stereocenters. The molecule has 2 fully saturated rings. The number of rotatable bonds is 4. The van der Waals surface area contributed by atoms with Gasteiger partial charge >= 0.3 is 0 Å². The first-order valence-electron chi connectivity index (χ1n) is 9.95. The fourth-order valence-corrected chi connectivity index (χ4v) is 5.09. The average molecular weight is 369 g/mol. The Morgan fingerprint density at radius 2 is 1.89 bits per heavy atom. The summed E-state index contributed by atoms with van der Waals surface area (Å²) in [6.45, 7) is 1.30. The lowest BCUT2D eigenvalue weighted by Gasteiger charge is -2.53. The molecule has 4 heteroatoms. The topological polar surface area (TPSA) is 32.7 Å². The van der Waals surface area contributed by atoms with Crippen molar-refractivity contribution in [1.82, 2.24) is 4.90 Å². The number of aliphatic hydroxyl groups is 1. The number of nitrogens with zero attached hydrogens (tertiary/aromatic N) is 1. The Labute approximate surface area is 160 Å². The van der Waals surface area contributed by atoms with Crippen molar-refractivity contribution in [2.24, 2.45) is 5.92 Å². The Morgan fingerprint density at radius 1 is 1.11 bits per heavy atom. The lowest BCUT2D eigenvalue weighted by molar-refractivity contribution is -0.126. The zero-order valence-corrected chi connectivity index (χ0v) is 15.9. The molecule has 1 aliphatic heterocycles. The van der Waals surface area contributed by atoms with Crippen LogP contribution in [0.15, 0.2) is 48.5 Å². The second-order valence-electron chi connectivity index (χ2n) is 7.95. The summed E-state index contributed by atoms with van der Waals surface area (Å²) in [5.41, 5.74) is 1.18. The van der Waals surface area contributed by atoms with Gasteiger partial charge in [-0.05, 0) is 31.4 Å². The lowest BCUT2D eigenvalue weighted by Crippen LogP contribution is -2.54. The van der Waals surface area contributed by atoms with Crippen LogP contribution in [0.3, 0.4) is 0 Å². The SMILES string of the molecule is COc1ccccc1[C@H]1[C@H]2CCCC[C@]2(O)CCN1Cc1ccccc1F. The Kier molecular flexibility index (Phi) is 5.20. The van der Waals surface area contributed by atoms with Gasteiger partial charge in [0.2, 0.25) is 0 Å². The molecule has 27 heavy (non-hydrogen) atoms. The van der Waals surface area contributed by atoms with Gasteiger partial charge in [0.1, 0.15) is 11.6 Å². The van der Waals surface area contributed by atoms with Crippen molar-refractivity contribution in [2.75, 3.05) is 13.7 Å². The van der Waals surface area contributed by atoms with Crippen LogP contribution in [0, 0.1) is 11.7 Å². The van der Waals surface area contributed by atoms with Crippen LogP contribution < -0.4 is 4.74 Å². The molecule has 4 rings (SSSR count). The fraction of sp³-hybridized carbons (Fsp3) is 0.478. The number of ether oxygens (including phenoxy) is 1. The molecule has 0 amide bonds. The van der Waals surface area contributed by atoms with E-state index in [0.717, 1.165) is 50.0 Å². The molecular formula is C23H28FNO2. The molecule has 1 saturated carbocycles. The van der Waals surface area contributed by atoms with Gasteiger partial charge in [-0.1, -0.05) is 49.2 Å². The summed E-state index contributed by atoms with van der Waals surface area (Å²) in [6.07, 6.45) is 4.81. The van der Waals surface area contributed by atoms with Crippen LogP contribution in [-0.4, -0.2) is 29.3 Å². The van der Waals surface area contributed by atoms with Crippen LogP contribution in [-0.2, 0) is 6.54 Å². The minimum absolute atomic E-state index is 0.0276. The third-order valence-electron chi connectivity index (χ3n) is 6.46. The Bertz CT molecular complexity index is 795. The molecule has 3 atom stereocenters. The molecule has 1 aliphatic carbocycles. The highest BCUT2D eigenvalue weighted by Gasteiger charge is 2.49. The molecule has 0 bridgehead atoms. The minimum Gasteiger partial charge on any atom is -0.496 e. The van der Waals surface area contributed by atoms with E-state index in [1.165, 1.54) is 6.07 Å². The summed E-state index contributed by atoms with van der Waals surface area (Å²) >= 11 is 0. The molecular weight excluding hydrogens is 341 g/mol. The van der Waals surface area contributed by atoms with E-state index in [4.69, 9.17) is 4.74 Å². The van der Waals surface area contributed by atoms with Crippen molar-refractivity contribution in [1.29, 1.82) is 0 Å². The van der Waals surface area contributed by atoms with E-state index < -0.39 is 5.60 Å². The van der Waals surface area contributed by atoms with Crippen LogP contribution in [0.25, 0.3) is 0 Å². The van der Waals surface area contributed by atoms with Gasteiger partial charge < -0.3 is 9.84 Å². The Hall–Kier alpha value is -1.91. The summed E-state index contributed by atoms with van der Waals surface area (Å²) in [6, 6.07) is 15.1. The molecule has 1 saturated heterocycles. The minimum atomic E-state index is -0.629. The van der Waals surface area contributed by atoms with E-state index >= 15 is 0 Å². The first kappa shape index (κ1) is 18.5. The number of hydrogen-bond acceptors (Lipinski definition) is 3. The number of benzene rings is 2. The molecule has 0 aromatic heterocycles. The second kappa shape index (κ2) is 7.61. The Balaban J connectivity index is 1.74. The number of hydrogen-bond donors (Lipinski definition) is 1. The van der Waals surface area contributed by atoms with E-state index in [1.807, 2.05) is 30.3 Å². The van der Waals surface area contributed by atoms with Crippen LogP contribution >= 0.6 is 0 Å².